The molecule has 0 aromatic rings. The van der Waals surface area contributed by atoms with Crippen molar-refractivity contribution in [3.63, 3.8) is 0 Å². The predicted octanol–water partition coefficient (Wildman–Crippen LogP) is 4.28. The Kier molecular flexibility index (Phi) is 16.2. The van der Waals surface area contributed by atoms with E-state index in [1.807, 2.05) is 26.5 Å². The van der Waals surface area contributed by atoms with Crippen molar-refractivity contribution >= 4 is 29.6 Å². The number of halogens is 2. The lowest BCUT2D eigenvalue weighted by Gasteiger charge is -2.36. The molecule has 208 valence electrons. The third-order valence-corrected chi connectivity index (χ3v) is 8.75. The number of quaternary nitrogens is 1. The van der Waals surface area contributed by atoms with Crippen LogP contribution in [0.15, 0.2) is 36.0 Å². The number of amides is 1. The first-order chi connectivity index (χ1) is 17.1. The second-order valence-electron chi connectivity index (χ2n) is 9.63. The number of rotatable bonds is 18. The highest BCUT2D eigenvalue weighted by atomic mass is 32.2. The van der Waals surface area contributed by atoms with E-state index < -0.39 is 17.4 Å². The van der Waals surface area contributed by atoms with Crippen molar-refractivity contribution in [3.8, 4) is 0 Å². The molecule has 1 fully saturated rings. The van der Waals surface area contributed by atoms with E-state index >= 15 is 0 Å². The molecule has 0 aromatic carbocycles. The number of thioether (sulfide) groups is 1. The summed E-state index contributed by atoms with van der Waals surface area (Å²) in [6, 6.07) is 0.500. The molecule has 0 heterocycles. The average Bonchev–Trinajstić information content (AvgIpc) is 2.84. The van der Waals surface area contributed by atoms with Crippen LogP contribution in [0.5, 0.6) is 0 Å². The van der Waals surface area contributed by atoms with E-state index in [1.54, 1.807) is 26.2 Å². The molecule has 4 N–H and O–H groups in total. The van der Waals surface area contributed by atoms with Gasteiger partial charge in [0.25, 0.3) is 5.91 Å². The number of nitrogens with zero attached hydrogens (tertiary/aromatic N) is 1. The van der Waals surface area contributed by atoms with Gasteiger partial charge in [0, 0.05) is 28.4 Å². The first-order valence-electron chi connectivity index (χ1n) is 12.8. The normalized spacial score (nSPS) is 23.2. The lowest BCUT2D eigenvalue weighted by molar-refractivity contribution is -0.914. The van der Waals surface area contributed by atoms with Crippen molar-refractivity contribution in [1.29, 1.82) is 0 Å². The van der Waals surface area contributed by atoms with Gasteiger partial charge >= 0.3 is 0 Å². The number of hydrogen-bond acceptors (Lipinski definition) is 6. The van der Waals surface area contributed by atoms with Gasteiger partial charge in [0.1, 0.15) is 11.9 Å². The number of hydroxylamine groups is 1. The van der Waals surface area contributed by atoms with E-state index in [2.05, 4.69) is 28.1 Å². The Bertz CT molecular complexity index is 726. The van der Waals surface area contributed by atoms with Crippen molar-refractivity contribution in [2.24, 2.45) is 0 Å². The molecule has 1 rings (SSSR count). The Morgan fingerprint density at radius 3 is 2.64 bits per heavy atom. The van der Waals surface area contributed by atoms with E-state index in [0.29, 0.717) is 17.1 Å². The van der Waals surface area contributed by atoms with Crippen LogP contribution in [0.4, 0.5) is 8.78 Å². The fourth-order valence-electron chi connectivity index (χ4n) is 4.33. The zero-order valence-corrected chi connectivity index (χ0v) is 24.3. The Hall–Kier alpha value is -0.910. The summed E-state index contributed by atoms with van der Waals surface area (Å²) in [7, 11) is 5.73. The van der Waals surface area contributed by atoms with Crippen LogP contribution in [-0.4, -0.2) is 73.4 Å². The second-order valence-corrected chi connectivity index (χ2v) is 11.8. The van der Waals surface area contributed by atoms with Crippen LogP contribution in [0.3, 0.4) is 0 Å². The van der Waals surface area contributed by atoms with E-state index in [4.69, 9.17) is 4.84 Å². The minimum absolute atomic E-state index is 0.140. The van der Waals surface area contributed by atoms with E-state index in [0.717, 1.165) is 32.2 Å². The molecular weight excluding hydrogens is 502 g/mol. The zero-order valence-electron chi connectivity index (χ0n) is 22.7. The van der Waals surface area contributed by atoms with Crippen LogP contribution >= 0.6 is 23.7 Å². The van der Waals surface area contributed by atoms with Crippen LogP contribution in [0.1, 0.15) is 58.8 Å². The Morgan fingerprint density at radius 2 is 2.08 bits per heavy atom. The van der Waals surface area contributed by atoms with E-state index in [9.17, 15) is 13.6 Å². The summed E-state index contributed by atoms with van der Waals surface area (Å²) in [6.45, 7) is 11.6. The monoisotopic (exact) mass is 549 g/mol. The topological polar surface area (TPSA) is 70.2 Å². The molecule has 10 heteroatoms. The predicted molar refractivity (Wildman–Crippen MR) is 150 cm³/mol. The van der Waals surface area contributed by atoms with Gasteiger partial charge in [-0.1, -0.05) is 39.5 Å². The zero-order chi connectivity index (χ0) is 27.1. The molecular formula is C26H47F2N4O2S2+. The van der Waals surface area contributed by atoms with Crippen molar-refractivity contribution in [1.82, 2.24) is 14.9 Å². The van der Waals surface area contributed by atoms with Crippen molar-refractivity contribution in [3.05, 3.63) is 36.0 Å². The molecule has 0 bridgehead atoms. The van der Waals surface area contributed by atoms with Crippen molar-refractivity contribution in [2.45, 2.75) is 87.8 Å². The van der Waals surface area contributed by atoms with Crippen LogP contribution in [0, 0.1) is 0 Å². The second kappa shape index (κ2) is 17.6. The number of nitrogens with two attached hydrogens (primary N) is 1. The number of allylic oxidation sites excluding steroid dienone is 3. The standard InChI is InChI=1S/C26H46F2N4O2S2/c1-8-11-24(19(4)27)35-18-20(14-16-32(5)6)29-22-13-12-21(17-23(22)30-34-7)36-31-25(33)26(28,10-3)15-9-2/h8,11,20-23,29-30H,1,4,9-10,12-18H2,2-3,5-7H3,(H,31,33)/p+1/b24-11+. The molecule has 36 heavy (non-hydrogen) atoms. The van der Waals surface area contributed by atoms with Crippen LogP contribution < -0.4 is 15.5 Å². The van der Waals surface area contributed by atoms with E-state index in [1.165, 1.54) is 23.7 Å². The van der Waals surface area contributed by atoms with Gasteiger partial charge in [-0.2, -0.15) is 5.48 Å². The first-order valence-corrected chi connectivity index (χ1v) is 14.7. The lowest BCUT2D eigenvalue weighted by atomic mass is 9.89. The highest BCUT2D eigenvalue weighted by Crippen LogP contribution is 2.30. The maximum absolute atomic E-state index is 14.9. The van der Waals surface area contributed by atoms with Gasteiger partial charge in [0.2, 0.25) is 0 Å². The molecule has 1 aliphatic carbocycles. The number of carbonyl (C=O) groups excluding carboxylic acids is 1. The first kappa shape index (κ1) is 33.1. The maximum atomic E-state index is 14.9. The minimum Gasteiger partial charge on any atom is -0.309 e. The Labute approximate surface area is 225 Å². The summed E-state index contributed by atoms with van der Waals surface area (Å²) >= 11 is 2.78. The number of alkyl halides is 1. The van der Waals surface area contributed by atoms with Gasteiger partial charge in [0.05, 0.1) is 13.2 Å². The minimum atomic E-state index is -1.81. The Balaban J connectivity index is 2.79. The summed E-state index contributed by atoms with van der Waals surface area (Å²) in [5.74, 6) is -0.271. The lowest BCUT2D eigenvalue weighted by Crippen LogP contribution is -2.93. The van der Waals surface area contributed by atoms with Gasteiger partial charge in [-0.15, -0.1) is 11.8 Å². The number of carbonyl (C=O) groups is 1. The fourth-order valence-corrected chi connectivity index (χ4v) is 6.35. The van der Waals surface area contributed by atoms with Gasteiger partial charge in [-0.25, -0.2) is 13.6 Å². The Morgan fingerprint density at radius 1 is 1.36 bits per heavy atom. The molecule has 5 atom stereocenters. The molecule has 0 radical (unpaired) electrons. The molecule has 0 aliphatic heterocycles. The third-order valence-electron chi connectivity index (χ3n) is 6.45. The summed E-state index contributed by atoms with van der Waals surface area (Å²) in [4.78, 5) is 20.5. The molecule has 1 aliphatic rings. The van der Waals surface area contributed by atoms with Gasteiger partial charge in [-0.05, 0) is 70.8 Å². The summed E-state index contributed by atoms with van der Waals surface area (Å²) in [5.41, 5.74) is 0.0527. The van der Waals surface area contributed by atoms with Crippen LogP contribution in [-0.2, 0) is 9.63 Å². The fraction of sp³-hybridized carbons (Fsp3) is 0.731. The van der Waals surface area contributed by atoms with Gasteiger partial charge in [0.15, 0.2) is 5.67 Å². The molecule has 5 unspecified atom stereocenters. The summed E-state index contributed by atoms with van der Waals surface area (Å²) in [5, 5.41) is 3.98. The van der Waals surface area contributed by atoms with Crippen molar-refractivity contribution in [2.75, 3.05) is 33.5 Å². The largest absolute Gasteiger partial charge is 0.309 e. The molecule has 0 aromatic heterocycles. The van der Waals surface area contributed by atoms with E-state index in [-0.39, 0.29) is 36.2 Å². The van der Waals surface area contributed by atoms with Gasteiger partial charge in [-0.3, -0.25) is 9.52 Å². The molecule has 6 nitrogen and oxygen atoms in total. The smallest absolute Gasteiger partial charge is 0.267 e. The van der Waals surface area contributed by atoms with Crippen LogP contribution in [0.2, 0.25) is 0 Å². The molecule has 1 saturated carbocycles. The third kappa shape index (κ3) is 11.6. The maximum Gasteiger partial charge on any atom is 0.267 e. The summed E-state index contributed by atoms with van der Waals surface area (Å²) < 4.78 is 31.5. The number of nitrogens with one attached hydrogen (secondary N) is 2. The summed E-state index contributed by atoms with van der Waals surface area (Å²) in [6.07, 6.45) is 7.79. The molecule has 0 spiro atoms. The van der Waals surface area contributed by atoms with Crippen LogP contribution in [0.25, 0.3) is 0 Å². The highest BCUT2D eigenvalue weighted by Gasteiger charge is 2.38. The molecule has 0 saturated heterocycles. The average molecular weight is 550 g/mol. The molecule has 1 amide bonds. The SMILES string of the molecule is C=C/C=C(/SCC(CCN(C)C)NC1CCC(SNC(=O)C(F)(CC)CCC)CC1[NH2+]OC)C(=C)F. The number of hydrogen-bond donors (Lipinski definition) is 3. The quantitative estimate of drug-likeness (QED) is 0.135. The van der Waals surface area contributed by atoms with Gasteiger partial charge < -0.3 is 10.2 Å². The highest BCUT2D eigenvalue weighted by molar-refractivity contribution is 8.03. The van der Waals surface area contributed by atoms with Crippen molar-refractivity contribution < 1.29 is 23.9 Å².